The molecule has 0 saturated carbocycles. The van der Waals surface area contributed by atoms with Gasteiger partial charge in [-0.05, 0) is 47.0 Å². The molecule has 1 aromatic rings. The lowest BCUT2D eigenvalue weighted by atomic mass is 10.2. The Labute approximate surface area is 102 Å². The highest BCUT2D eigenvalue weighted by molar-refractivity contribution is 9.10. The summed E-state index contributed by atoms with van der Waals surface area (Å²) in [5, 5.41) is 11.2. The largest absolute Gasteiger partial charge is 0.396 e. The number of amides is 1. The van der Waals surface area contributed by atoms with Gasteiger partial charge in [-0.25, -0.2) is 4.39 Å². The van der Waals surface area contributed by atoms with Gasteiger partial charge < -0.3 is 10.4 Å². The van der Waals surface area contributed by atoms with Crippen molar-refractivity contribution in [2.45, 2.75) is 12.8 Å². The summed E-state index contributed by atoms with van der Waals surface area (Å²) in [7, 11) is 0. The zero-order valence-corrected chi connectivity index (χ0v) is 10.3. The summed E-state index contributed by atoms with van der Waals surface area (Å²) in [5.41, 5.74) is 0.296. The minimum Gasteiger partial charge on any atom is -0.396 e. The summed E-state index contributed by atoms with van der Waals surface area (Å²) in [6, 6.07) is 4.23. The number of halogens is 2. The molecule has 0 aliphatic rings. The average Bonchev–Trinajstić information content (AvgIpc) is 2.28. The molecule has 1 amide bonds. The molecular formula is C11H13BrFNO2. The SMILES string of the molecule is O=C(NCCCCO)c1ccc(Br)c(F)c1. The molecule has 0 atom stereocenters. The zero-order valence-electron chi connectivity index (χ0n) is 8.67. The molecular weight excluding hydrogens is 277 g/mol. The van der Waals surface area contributed by atoms with Gasteiger partial charge in [0.1, 0.15) is 5.82 Å². The van der Waals surface area contributed by atoms with E-state index in [0.29, 0.717) is 29.4 Å². The third-order valence-corrected chi connectivity index (χ3v) is 2.70. The van der Waals surface area contributed by atoms with Crippen molar-refractivity contribution in [1.82, 2.24) is 5.32 Å². The van der Waals surface area contributed by atoms with Crippen molar-refractivity contribution >= 4 is 21.8 Å². The molecule has 0 unspecified atom stereocenters. The zero-order chi connectivity index (χ0) is 12.0. The van der Waals surface area contributed by atoms with Crippen molar-refractivity contribution in [3.8, 4) is 0 Å². The van der Waals surface area contributed by atoms with Crippen LogP contribution in [-0.4, -0.2) is 24.2 Å². The third kappa shape index (κ3) is 3.90. The van der Waals surface area contributed by atoms with Gasteiger partial charge in [-0.3, -0.25) is 4.79 Å². The number of benzene rings is 1. The Kier molecular flexibility index (Phi) is 5.42. The number of hydrogen-bond donors (Lipinski definition) is 2. The van der Waals surface area contributed by atoms with E-state index < -0.39 is 5.82 Å². The first-order chi connectivity index (χ1) is 7.65. The van der Waals surface area contributed by atoms with Crippen LogP contribution < -0.4 is 5.32 Å². The number of hydrogen-bond acceptors (Lipinski definition) is 2. The van der Waals surface area contributed by atoms with Gasteiger partial charge in [-0.15, -0.1) is 0 Å². The van der Waals surface area contributed by atoms with Gasteiger partial charge in [0.25, 0.3) is 5.91 Å². The van der Waals surface area contributed by atoms with Crippen molar-refractivity contribution in [3.63, 3.8) is 0 Å². The van der Waals surface area contributed by atoms with E-state index in [1.165, 1.54) is 12.1 Å². The number of unbranched alkanes of at least 4 members (excludes halogenated alkanes) is 1. The standard InChI is InChI=1S/C11H13BrFNO2/c12-9-4-3-8(7-10(9)13)11(16)14-5-1-2-6-15/h3-4,7,15H,1-2,5-6H2,(H,14,16). The van der Waals surface area contributed by atoms with E-state index in [0.717, 1.165) is 0 Å². The van der Waals surface area contributed by atoms with Crippen molar-refractivity contribution in [1.29, 1.82) is 0 Å². The van der Waals surface area contributed by atoms with Crippen LogP contribution in [0.2, 0.25) is 0 Å². The molecule has 2 N–H and O–H groups in total. The van der Waals surface area contributed by atoms with E-state index in [2.05, 4.69) is 21.2 Å². The summed E-state index contributed by atoms with van der Waals surface area (Å²) >= 11 is 3.02. The maximum absolute atomic E-state index is 13.1. The number of carbonyl (C=O) groups excluding carboxylic acids is 1. The molecule has 0 aromatic heterocycles. The van der Waals surface area contributed by atoms with Crippen LogP contribution in [0.3, 0.4) is 0 Å². The van der Waals surface area contributed by atoms with E-state index in [1.807, 2.05) is 0 Å². The predicted molar refractivity (Wildman–Crippen MR) is 62.8 cm³/mol. The molecule has 0 spiro atoms. The second-order valence-corrected chi connectivity index (χ2v) is 4.17. The molecule has 3 nitrogen and oxygen atoms in total. The van der Waals surface area contributed by atoms with Crippen molar-refractivity contribution in [2.24, 2.45) is 0 Å². The first kappa shape index (κ1) is 13.1. The highest BCUT2D eigenvalue weighted by Crippen LogP contribution is 2.16. The van der Waals surface area contributed by atoms with Gasteiger partial charge in [0, 0.05) is 18.7 Å². The van der Waals surface area contributed by atoms with Gasteiger partial charge in [-0.2, -0.15) is 0 Å². The van der Waals surface area contributed by atoms with Crippen LogP contribution in [-0.2, 0) is 0 Å². The molecule has 0 fully saturated rings. The molecule has 0 heterocycles. The molecule has 0 bridgehead atoms. The number of aliphatic hydroxyl groups is 1. The van der Waals surface area contributed by atoms with Crippen molar-refractivity contribution < 1.29 is 14.3 Å². The molecule has 5 heteroatoms. The Morgan fingerprint density at radius 1 is 1.44 bits per heavy atom. The van der Waals surface area contributed by atoms with Crippen LogP contribution in [0.25, 0.3) is 0 Å². The van der Waals surface area contributed by atoms with Gasteiger partial charge >= 0.3 is 0 Å². The maximum atomic E-state index is 13.1. The van der Waals surface area contributed by atoms with E-state index in [4.69, 9.17) is 5.11 Å². The summed E-state index contributed by atoms with van der Waals surface area (Å²) in [6.45, 7) is 0.597. The summed E-state index contributed by atoms with van der Waals surface area (Å²) < 4.78 is 13.5. The van der Waals surface area contributed by atoms with Crippen molar-refractivity contribution in [2.75, 3.05) is 13.2 Å². The fourth-order valence-corrected chi connectivity index (χ4v) is 1.42. The Hall–Kier alpha value is -0.940. The summed E-state index contributed by atoms with van der Waals surface area (Å²) in [5.74, 6) is -0.757. The number of aliphatic hydroxyl groups excluding tert-OH is 1. The van der Waals surface area contributed by atoms with Gasteiger partial charge in [0.2, 0.25) is 0 Å². The first-order valence-corrected chi connectivity index (χ1v) is 5.78. The number of nitrogens with one attached hydrogen (secondary N) is 1. The molecule has 0 aliphatic heterocycles. The predicted octanol–water partition coefficient (Wildman–Crippen LogP) is 2.09. The normalized spacial score (nSPS) is 10.2. The lowest BCUT2D eigenvalue weighted by molar-refractivity contribution is 0.0951. The lowest BCUT2D eigenvalue weighted by Gasteiger charge is -2.05. The molecule has 1 rings (SSSR count). The molecule has 0 saturated heterocycles. The van der Waals surface area contributed by atoms with Crippen molar-refractivity contribution in [3.05, 3.63) is 34.1 Å². The van der Waals surface area contributed by atoms with Gasteiger partial charge in [0.15, 0.2) is 0 Å². The Balaban J connectivity index is 2.50. The third-order valence-electron chi connectivity index (χ3n) is 2.05. The lowest BCUT2D eigenvalue weighted by Crippen LogP contribution is -2.24. The van der Waals surface area contributed by atoms with Crippen LogP contribution >= 0.6 is 15.9 Å². The van der Waals surface area contributed by atoms with E-state index in [-0.39, 0.29) is 12.5 Å². The Morgan fingerprint density at radius 2 is 2.19 bits per heavy atom. The minimum absolute atomic E-state index is 0.114. The highest BCUT2D eigenvalue weighted by atomic mass is 79.9. The first-order valence-electron chi connectivity index (χ1n) is 4.99. The fourth-order valence-electron chi connectivity index (χ4n) is 1.18. The smallest absolute Gasteiger partial charge is 0.251 e. The second-order valence-electron chi connectivity index (χ2n) is 3.32. The van der Waals surface area contributed by atoms with Crippen LogP contribution in [0.5, 0.6) is 0 Å². The van der Waals surface area contributed by atoms with Gasteiger partial charge in [0.05, 0.1) is 4.47 Å². The number of rotatable bonds is 5. The van der Waals surface area contributed by atoms with Crippen LogP contribution in [0, 0.1) is 5.82 Å². The Bertz CT molecular complexity index is 371. The van der Waals surface area contributed by atoms with Gasteiger partial charge in [-0.1, -0.05) is 0 Å². The van der Waals surface area contributed by atoms with E-state index in [9.17, 15) is 9.18 Å². The molecule has 88 valence electrons. The maximum Gasteiger partial charge on any atom is 0.251 e. The highest BCUT2D eigenvalue weighted by Gasteiger charge is 2.07. The van der Waals surface area contributed by atoms with E-state index >= 15 is 0 Å². The fraction of sp³-hybridized carbons (Fsp3) is 0.364. The molecule has 1 aromatic carbocycles. The summed E-state index contributed by atoms with van der Waals surface area (Å²) in [6.07, 6.45) is 1.36. The van der Waals surface area contributed by atoms with Crippen LogP contribution in [0.1, 0.15) is 23.2 Å². The second kappa shape index (κ2) is 6.60. The van der Waals surface area contributed by atoms with Crippen LogP contribution in [0.15, 0.2) is 22.7 Å². The minimum atomic E-state index is -0.456. The van der Waals surface area contributed by atoms with Crippen LogP contribution in [0.4, 0.5) is 4.39 Å². The number of carbonyl (C=O) groups is 1. The topological polar surface area (TPSA) is 49.3 Å². The monoisotopic (exact) mass is 289 g/mol. The average molecular weight is 290 g/mol. The van der Waals surface area contributed by atoms with E-state index in [1.54, 1.807) is 6.07 Å². The molecule has 16 heavy (non-hydrogen) atoms. The quantitative estimate of drug-likeness (QED) is 0.816. The summed E-state index contributed by atoms with van der Waals surface area (Å²) in [4.78, 5) is 11.5. The Morgan fingerprint density at radius 3 is 2.81 bits per heavy atom. The molecule has 0 aliphatic carbocycles. The molecule has 0 radical (unpaired) electrons.